The fraction of sp³-hybridized carbons (Fsp3) is 0.0588. The van der Waals surface area contributed by atoms with Crippen LogP contribution < -0.4 is 5.84 Å². The molecule has 0 amide bonds. The Morgan fingerprint density at radius 1 is 1.09 bits per heavy atom. The van der Waals surface area contributed by atoms with Gasteiger partial charge in [0.15, 0.2) is 0 Å². The summed E-state index contributed by atoms with van der Waals surface area (Å²) in [5.41, 5.74) is 4.50. The molecule has 0 aliphatic rings. The minimum Gasteiger partial charge on any atom is -0.323 e. The van der Waals surface area contributed by atoms with Gasteiger partial charge >= 0.3 is 0 Å². The van der Waals surface area contributed by atoms with Gasteiger partial charge < -0.3 is 5.84 Å². The summed E-state index contributed by atoms with van der Waals surface area (Å²) in [5.74, 6) is 5.00. The molecule has 22 heavy (non-hydrogen) atoms. The summed E-state index contributed by atoms with van der Waals surface area (Å²) in [6.07, 6.45) is 3.38. The predicted octanol–water partition coefficient (Wildman–Crippen LogP) is 3.28. The van der Waals surface area contributed by atoms with Crippen LogP contribution in [0, 0.1) is 12.7 Å². The van der Waals surface area contributed by atoms with Crippen LogP contribution in [0.25, 0.3) is 16.9 Å². The molecule has 4 nitrogen and oxygen atoms in total. The number of nitrogens with zero attached hydrogens (tertiary/aromatic N) is 3. The Balaban J connectivity index is 2.09. The van der Waals surface area contributed by atoms with Gasteiger partial charge in [0.05, 0.1) is 11.9 Å². The third-order valence-electron chi connectivity index (χ3n) is 3.37. The number of aromatic nitrogens is 2. The molecule has 0 saturated heterocycles. The highest BCUT2D eigenvalue weighted by Gasteiger charge is 2.11. The van der Waals surface area contributed by atoms with Crippen LogP contribution in [0.1, 0.15) is 11.1 Å². The number of hydrogen-bond acceptors (Lipinski definition) is 3. The molecule has 2 N–H and O–H groups in total. The smallest absolute Gasteiger partial charge is 0.123 e. The van der Waals surface area contributed by atoms with E-state index in [0.717, 1.165) is 22.5 Å². The molecule has 3 rings (SSSR count). The molecule has 2 aromatic carbocycles. The number of aryl methyl sites for hydroxylation is 1. The van der Waals surface area contributed by atoms with E-state index in [4.69, 9.17) is 5.84 Å². The van der Waals surface area contributed by atoms with Gasteiger partial charge in [0, 0.05) is 17.3 Å². The number of rotatable bonds is 3. The molecule has 0 bridgehead atoms. The Morgan fingerprint density at radius 3 is 2.41 bits per heavy atom. The first kappa shape index (κ1) is 14.0. The lowest BCUT2D eigenvalue weighted by atomic mass is 10.1. The van der Waals surface area contributed by atoms with E-state index in [1.807, 2.05) is 37.4 Å². The van der Waals surface area contributed by atoms with Gasteiger partial charge in [0.25, 0.3) is 0 Å². The van der Waals surface area contributed by atoms with E-state index in [0.29, 0.717) is 0 Å². The SMILES string of the molecule is Cc1ccc(-c2nn(-c3ccc(F)cc3)cc2/C=N\N)cc1. The quantitative estimate of drug-likeness (QED) is 0.458. The topological polar surface area (TPSA) is 56.2 Å². The standard InChI is InChI=1S/C17H15FN4/c1-12-2-4-13(5-3-12)17-14(10-20-19)11-22(21-17)16-8-6-15(18)7-9-16/h2-11H,19H2,1H3/b20-10-. The highest BCUT2D eigenvalue weighted by Crippen LogP contribution is 2.23. The normalized spacial score (nSPS) is 11.2. The summed E-state index contributed by atoms with van der Waals surface area (Å²) in [7, 11) is 0. The summed E-state index contributed by atoms with van der Waals surface area (Å²) < 4.78 is 14.7. The van der Waals surface area contributed by atoms with E-state index in [1.165, 1.54) is 17.7 Å². The summed E-state index contributed by atoms with van der Waals surface area (Å²) in [6, 6.07) is 14.2. The van der Waals surface area contributed by atoms with Gasteiger partial charge in [-0.25, -0.2) is 9.07 Å². The maximum atomic E-state index is 13.0. The first-order valence-electron chi connectivity index (χ1n) is 6.83. The molecule has 1 aromatic heterocycles. The van der Waals surface area contributed by atoms with Crippen molar-refractivity contribution in [2.75, 3.05) is 0 Å². The van der Waals surface area contributed by atoms with Crippen LogP contribution in [0.3, 0.4) is 0 Å². The van der Waals surface area contributed by atoms with E-state index in [1.54, 1.807) is 23.0 Å². The van der Waals surface area contributed by atoms with Crippen LogP contribution in [0.4, 0.5) is 4.39 Å². The predicted molar refractivity (Wildman–Crippen MR) is 85.5 cm³/mol. The first-order chi connectivity index (χ1) is 10.7. The fourth-order valence-electron chi connectivity index (χ4n) is 2.22. The zero-order valence-corrected chi connectivity index (χ0v) is 12.1. The maximum Gasteiger partial charge on any atom is 0.123 e. The summed E-state index contributed by atoms with van der Waals surface area (Å²) >= 11 is 0. The third kappa shape index (κ3) is 2.74. The zero-order chi connectivity index (χ0) is 15.5. The Kier molecular flexibility index (Phi) is 3.70. The highest BCUT2D eigenvalue weighted by molar-refractivity contribution is 5.88. The highest BCUT2D eigenvalue weighted by atomic mass is 19.1. The monoisotopic (exact) mass is 294 g/mol. The van der Waals surface area contributed by atoms with Gasteiger partial charge in [0.2, 0.25) is 0 Å². The van der Waals surface area contributed by atoms with Crippen molar-refractivity contribution in [3.05, 3.63) is 71.7 Å². The lowest BCUT2D eigenvalue weighted by Crippen LogP contribution is -1.94. The van der Waals surface area contributed by atoms with E-state index in [-0.39, 0.29) is 5.82 Å². The Hall–Kier alpha value is -2.95. The number of benzene rings is 2. The molecule has 0 fully saturated rings. The Morgan fingerprint density at radius 2 is 1.77 bits per heavy atom. The molecule has 110 valence electrons. The fourth-order valence-corrected chi connectivity index (χ4v) is 2.22. The average Bonchev–Trinajstić information content (AvgIpc) is 2.93. The number of nitrogens with two attached hydrogens (primary N) is 1. The molecule has 0 spiro atoms. The van der Waals surface area contributed by atoms with E-state index in [2.05, 4.69) is 10.2 Å². The largest absolute Gasteiger partial charge is 0.323 e. The van der Waals surface area contributed by atoms with Gasteiger partial charge in [-0.15, -0.1) is 0 Å². The van der Waals surface area contributed by atoms with Gasteiger partial charge in [-0.2, -0.15) is 10.2 Å². The number of hydrogen-bond donors (Lipinski definition) is 1. The van der Waals surface area contributed by atoms with Crippen molar-refractivity contribution in [1.82, 2.24) is 9.78 Å². The van der Waals surface area contributed by atoms with Crippen LogP contribution >= 0.6 is 0 Å². The summed E-state index contributed by atoms with van der Waals surface area (Å²) in [6.45, 7) is 2.03. The van der Waals surface area contributed by atoms with Gasteiger partial charge in [-0.05, 0) is 31.2 Å². The van der Waals surface area contributed by atoms with Crippen molar-refractivity contribution in [2.24, 2.45) is 10.9 Å². The van der Waals surface area contributed by atoms with Crippen LogP contribution in [0.15, 0.2) is 59.8 Å². The summed E-state index contributed by atoms with van der Waals surface area (Å²) in [5, 5.41) is 8.17. The second-order valence-electron chi connectivity index (χ2n) is 5.00. The second-order valence-corrected chi connectivity index (χ2v) is 5.00. The van der Waals surface area contributed by atoms with Crippen LogP contribution in [-0.2, 0) is 0 Å². The van der Waals surface area contributed by atoms with Crippen molar-refractivity contribution >= 4 is 6.21 Å². The molecule has 0 aliphatic heterocycles. The van der Waals surface area contributed by atoms with E-state index in [9.17, 15) is 4.39 Å². The molecule has 0 aliphatic carbocycles. The van der Waals surface area contributed by atoms with E-state index < -0.39 is 0 Å². The molecule has 3 aromatic rings. The van der Waals surface area contributed by atoms with Crippen molar-refractivity contribution < 1.29 is 4.39 Å². The molecule has 0 unspecified atom stereocenters. The first-order valence-corrected chi connectivity index (χ1v) is 6.83. The molecular weight excluding hydrogens is 279 g/mol. The van der Waals surface area contributed by atoms with Gasteiger partial charge in [-0.3, -0.25) is 0 Å². The molecule has 0 radical (unpaired) electrons. The number of hydrazone groups is 1. The van der Waals surface area contributed by atoms with Crippen LogP contribution in [0.2, 0.25) is 0 Å². The number of halogens is 1. The summed E-state index contributed by atoms with van der Waals surface area (Å²) in [4.78, 5) is 0. The minimum absolute atomic E-state index is 0.279. The molecule has 1 heterocycles. The third-order valence-corrected chi connectivity index (χ3v) is 3.37. The van der Waals surface area contributed by atoms with Crippen LogP contribution in [0.5, 0.6) is 0 Å². The lowest BCUT2D eigenvalue weighted by Gasteiger charge is -2.01. The van der Waals surface area contributed by atoms with Crippen molar-refractivity contribution in [2.45, 2.75) is 6.92 Å². The molecular formula is C17H15FN4. The maximum absolute atomic E-state index is 13.0. The molecule has 0 saturated carbocycles. The van der Waals surface area contributed by atoms with Gasteiger partial charge in [-0.1, -0.05) is 29.8 Å². The Labute approximate surface area is 127 Å². The van der Waals surface area contributed by atoms with Crippen molar-refractivity contribution in [3.8, 4) is 16.9 Å². The lowest BCUT2D eigenvalue weighted by molar-refractivity contribution is 0.627. The molecule has 5 heteroatoms. The molecule has 0 atom stereocenters. The zero-order valence-electron chi connectivity index (χ0n) is 12.1. The van der Waals surface area contributed by atoms with E-state index >= 15 is 0 Å². The van der Waals surface area contributed by atoms with Crippen molar-refractivity contribution in [3.63, 3.8) is 0 Å². The van der Waals surface area contributed by atoms with Crippen LogP contribution in [-0.4, -0.2) is 16.0 Å². The Bertz CT molecular complexity index is 802. The second kappa shape index (κ2) is 5.81. The minimum atomic E-state index is -0.279. The van der Waals surface area contributed by atoms with Gasteiger partial charge in [0.1, 0.15) is 11.5 Å². The van der Waals surface area contributed by atoms with Crippen molar-refractivity contribution in [1.29, 1.82) is 0 Å². The average molecular weight is 294 g/mol.